The van der Waals surface area contributed by atoms with E-state index in [0.29, 0.717) is 16.5 Å². The molecule has 2 aromatic rings. The molecular formula is C14H13ClN2O3. The van der Waals surface area contributed by atoms with Gasteiger partial charge in [-0.25, -0.2) is 0 Å². The van der Waals surface area contributed by atoms with E-state index in [-0.39, 0.29) is 11.7 Å². The second-order valence-corrected chi connectivity index (χ2v) is 4.74. The van der Waals surface area contributed by atoms with Crippen LogP contribution in [0, 0.1) is 10.1 Å². The van der Waals surface area contributed by atoms with E-state index in [0.717, 1.165) is 5.56 Å². The Morgan fingerprint density at radius 2 is 1.90 bits per heavy atom. The van der Waals surface area contributed by atoms with Crippen LogP contribution in [0.15, 0.2) is 42.5 Å². The van der Waals surface area contributed by atoms with Gasteiger partial charge < -0.3 is 10.5 Å². The fourth-order valence-electron chi connectivity index (χ4n) is 1.65. The van der Waals surface area contributed by atoms with Crippen molar-refractivity contribution in [3.8, 4) is 11.5 Å². The summed E-state index contributed by atoms with van der Waals surface area (Å²) in [6.07, 6.45) is 0. The summed E-state index contributed by atoms with van der Waals surface area (Å²) in [6.45, 7) is 1.86. The normalized spacial score (nSPS) is 11.9. The molecule has 0 bridgehead atoms. The van der Waals surface area contributed by atoms with Gasteiger partial charge in [0.15, 0.2) is 0 Å². The average Bonchev–Trinajstić information content (AvgIpc) is 2.41. The summed E-state index contributed by atoms with van der Waals surface area (Å²) in [6, 6.07) is 11.0. The van der Waals surface area contributed by atoms with E-state index in [1.165, 1.54) is 24.3 Å². The maximum atomic E-state index is 10.6. The molecule has 0 aliphatic carbocycles. The first-order chi connectivity index (χ1) is 9.47. The summed E-state index contributed by atoms with van der Waals surface area (Å²) in [4.78, 5) is 10.1. The third-order valence-electron chi connectivity index (χ3n) is 2.76. The quantitative estimate of drug-likeness (QED) is 0.681. The molecule has 1 atom stereocenters. The minimum absolute atomic E-state index is 0.00996. The number of non-ortho nitro benzene ring substituents is 1. The summed E-state index contributed by atoms with van der Waals surface area (Å²) in [5, 5.41) is 11.0. The fourth-order valence-corrected chi connectivity index (χ4v) is 1.87. The number of ether oxygens (including phenoxy) is 1. The largest absolute Gasteiger partial charge is 0.456 e. The summed E-state index contributed by atoms with van der Waals surface area (Å²) in [5.41, 5.74) is 6.69. The van der Waals surface area contributed by atoms with Gasteiger partial charge in [-0.1, -0.05) is 17.7 Å². The zero-order valence-corrected chi connectivity index (χ0v) is 11.5. The monoisotopic (exact) mass is 292 g/mol. The van der Waals surface area contributed by atoms with Crippen molar-refractivity contribution in [3.05, 3.63) is 63.2 Å². The van der Waals surface area contributed by atoms with Crippen LogP contribution in [0.3, 0.4) is 0 Å². The highest BCUT2D eigenvalue weighted by molar-refractivity contribution is 6.32. The molecule has 5 nitrogen and oxygen atoms in total. The molecule has 2 N–H and O–H groups in total. The predicted octanol–water partition coefficient (Wildman–Crippen LogP) is 4.06. The van der Waals surface area contributed by atoms with Gasteiger partial charge in [-0.3, -0.25) is 10.1 Å². The number of nitro groups is 1. The van der Waals surface area contributed by atoms with Gasteiger partial charge in [0.05, 0.1) is 9.95 Å². The SMILES string of the molecule is CC(N)c1ccc(Oc2ccc([N+](=O)[O-])cc2)c(Cl)c1. The average molecular weight is 293 g/mol. The van der Waals surface area contributed by atoms with Crippen LogP contribution in [0.1, 0.15) is 18.5 Å². The van der Waals surface area contributed by atoms with Gasteiger partial charge >= 0.3 is 0 Å². The Bertz CT molecular complexity index is 627. The summed E-state index contributed by atoms with van der Waals surface area (Å²) >= 11 is 6.12. The van der Waals surface area contributed by atoms with Crippen molar-refractivity contribution in [2.75, 3.05) is 0 Å². The third-order valence-corrected chi connectivity index (χ3v) is 3.05. The minimum Gasteiger partial charge on any atom is -0.456 e. The molecule has 0 aliphatic heterocycles. The first kappa shape index (κ1) is 14.3. The predicted molar refractivity (Wildman–Crippen MR) is 77.2 cm³/mol. The minimum atomic E-state index is -0.464. The molecule has 0 aliphatic rings. The topological polar surface area (TPSA) is 78.4 Å². The van der Waals surface area contributed by atoms with Crippen LogP contribution >= 0.6 is 11.6 Å². The maximum Gasteiger partial charge on any atom is 0.269 e. The first-order valence-corrected chi connectivity index (χ1v) is 6.32. The van der Waals surface area contributed by atoms with E-state index in [9.17, 15) is 10.1 Å². The molecule has 0 spiro atoms. The van der Waals surface area contributed by atoms with Crippen molar-refractivity contribution in [2.24, 2.45) is 5.73 Å². The van der Waals surface area contributed by atoms with Gasteiger partial charge in [-0.2, -0.15) is 0 Å². The van der Waals surface area contributed by atoms with Crippen LogP contribution in [0.4, 0.5) is 5.69 Å². The Morgan fingerprint density at radius 3 is 2.40 bits per heavy atom. The van der Waals surface area contributed by atoms with Crippen LogP contribution in [0.25, 0.3) is 0 Å². The van der Waals surface area contributed by atoms with Crippen molar-refractivity contribution in [1.82, 2.24) is 0 Å². The molecule has 0 radical (unpaired) electrons. The van der Waals surface area contributed by atoms with E-state index in [2.05, 4.69) is 0 Å². The number of rotatable bonds is 4. The van der Waals surface area contributed by atoms with Crippen molar-refractivity contribution in [2.45, 2.75) is 13.0 Å². The third kappa shape index (κ3) is 3.26. The highest BCUT2D eigenvalue weighted by Gasteiger charge is 2.09. The Labute approximate surface area is 121 Å². The van der Waals surface area contributed by atoms with E-state index >= 15 is 0 Å². The van der Waals surface area contributed by atoms with E-state index in [1.807, 2.05) is 13.0 Å². The number of halogens is 1. The lowest BCUT2D eigenvalue weighted by atomic mass is 10.1. The Morgan fingerprint density at radius 1 is 1.25 bits per heavy atom. The molecule has 0 amide bonds. The van der Waals surface area contributed by atoms with Crippen LogP contribution in [-0.2, 0) is 0 Å². The van der Waals surface area contributed by atoms with Crippen molar-refractivity contribution in [3.63, 3.8) is 0 Å². The summed E-state index contributed by atoms with van der Waals surface area (Å²) < 4.78 is 5.58. The molecule has 0 aromatic heterocycles. The highest BCUT2D eigenvalue weighted by Crippen LogP contribution is 2.31. The molecule has 20 heavy (non-hydrogen) atoms. The van der Waals surface area contributed by atoms with Crippen molar-refractivity contribution in [1.29, 1.82) is 0 Å². The zero-order valence-electron chi connectivity index (χ0n) is 10.7. The molecule has 0 fully saturated rings. The van der Waals surface area contributed by atoms with Crippen molar-refractivity contribution >= 4 is 17.3 Å². The molecule has 2 rings (SSSR count). The second-order valence-electron chi connectivity index (χ2n) is 4.33. The van der Waals surface area contributed by atoms with Gasteiger partial charge in [-0.05, 0) is 36.8 Å². The second kappa shape index (κ2) is 5.90. The number of nitrogens with two attached hydrogens (primary N) is 1. The van der Waals surface area contributed by atoms with Gasteiger partial charge in [0.25, 0.3) is 5.69 Å². The Balaban J connectivity index is 2.19. The molecule has 0 heterocycles. The number of hydrogen-bond acceptors (Lipinski definition) is 4. The van der Waals surface area contributed by atoms with Gasteiger partial charge in [-0.15, -0.1) is 0 Å². The Kier molecular flexibility index (Phi) is 4.22. The molecular weight excluding hydrogens is 280 g/mol. The van der Waals surface area contributed by atoms with E-state index < -0.39 is 4.92 Å². The van der Waals surface area contributed by atoms with Gasteiger partial charge in [0.1, 0.15) is 11.5 Å². The summed E-state index contributed by atoms with van der Waals surface area (Å²) in [7, 11) is 0. The maximum absolute atomic E-state index is 10.6. The fraction of sp³-hybridized carbons (Fsp3) is 0.143. The first-order valence-electron chi connectivity index (χ1n) is 5.94. The lowest BCUT2D eigenvalue weighted by molar-refractivity contribution is -0.384. The standard InChI is InChI=1S/C14H13ClN2O3/c1-9(16)10-2-7-14(13(15)8-10)20-12-5-3-11(4-6-12)17(18)19/h2-9H,16H2,1H3. The number of hydrogen-bond donors (Lipinski definition) is 1. The van der Waals surface area contributed by atoms with E-state index in [1.54, 1.807) is 12.1 Å². The Hall–Kier alpha value is -2.11. The number of nitrogens with zero attached hydrogens (tertiary/aromatic N) is 1. The van der Waals surface area contributed by atoms with Gasteiger partial charge in [0, 0.05) is 18.2 Å². The zero-order chi connectivity index (χ0) is 14.7. The molecule has 1 unspecified atom stereocenters. The van der Waals surface area contributed by atoms with Crippen LogP contribution in [-0.4, -0.2) is 4.92 Å². The van der Waals surface area contributed by atoms with Crippen LogP contribution in [0.5, 0.6) is 11.5 Å². The summed E-state index contributed by atoms with van der Waals surface area (Å²) in [5.74, 6) is 0.955. The molecule has 2 aromatic carbocycles. The molecule has 6 heteroatoms. The van der Waals surface area contributed by atoms with Crippen molar-refractivity contribution < 1.29 is 9.66 Å². The molecule has 0 saturated carbocycles. The molecule has 0 saturated heterocycles. The van der Waals surface area contributed by atoms with Crippen LogP contribution < -0.4 is 10.5 Å². The molecule has 104 valence electrons. The highest BCUT2D eigenvalue weighted by atomic mass is 35.5. The lowest BCUT2D eigenvalue weighted by Gasteiger charge is -2.10. The number of benzene rings is 2. The number of nitro benzene ring substituents is 1. The lowest BCUT2D eigenvalue weighted by Crippen LogP contribution is -2.04. The van der Waals surface area contributed by atoms with Gasteiger partial charge in [0.2, 0.25) is 0 Å². The van der Waals surface area contributed by atoms with E-state index in [4.69, 9.17) is 22.1 Å². The smallest absolute Gasteiger partial charge is 0.269 e. The van der Waals surface area contributed by atoms with Crippen LogP contribution in [0.2, 0.25) is 5.02 Å².